The highest BCUT2D eigenvalue weighted by Crippen LogP contribution is 2.38. The molecule has 66 heavy (non-hydrogen) atoms. The van der Waals surface area contributed by atoms with Crippen LogP contribution in [0.4, 0.5) is 0 Å². The molecule has 1 unspecified atom stereocenters. The van der Waals surface area contributed by atoms with Gasteiger partial charge in [0.1, 0.15) is 30.5 Å². The van der Waals surface area contributed by atoms with Crippen LogP contribution in [0.1, 0.15) is 84.8 Å². The van der Waals surface area contributed by atoms with Gasteiger partial charge in [0.05, 0.1) is 50.8 Å². The molecule has 0 amide bonds. The van der Waals surface area contributed by atoms with E-state index in [9.17, 15) is 9.90 Å². The van der Waals surface area contributed by atoms with E-state index in [1.165, 1.54) is 0 Å². The Hall–Kier alpha value is -5.29. The summed E-state index contributed by atoms with van der Waals surface area (Å²) in [5.41, 5.74) is 5.79. The smallest absolute Gasteiger partial charge is 0.194 e. The molecular formula is C58H66O8. The van der Waals surface area contributed by atoms with Crippen LogP contribution in [0.5, 0.6) is 0 Å². The minimum absolute atomic E-state index is 0.0225. The fourth-order valence-corrected chi connectivity index (χ4v) is 9.11. The van der Waals surface area contributed by atoms with Crippen LogP contribution in [0, 0.1) is 11.8 Å². The van der Waals surface area contributed by atoms with Crippen molar-refractivity contribution in [2.45, 2.75) is 122 Å². The van der Waals surface area contributed by atoms with Gasteiger partial charge in [0, 0.05) is 17.4 Å². The van der Waals surface area contributed by atoms with Crippen LogP contribution in [0.2, 0.25) is 0 Å². The largest absolute Gasteiger partial charge is 0.386 e. The molecule has 0 radical (unpaired) electrons. The number of rotatable bonds is 18. The zero-order valence-corrected chi connectivity index (χ0v) is 38.7. The predicted octanol–water partition coefficient (Wildman–Crippen LogP) is 11.6. The number of ether oxygens (including phenoxy) is 6. The Labute approximate surface area is 391 Å². The van der Waals surface area contributed by atoms with Crippen molar-refractivity contribution in [3.8, 4) is 0 Å². The fraction of sp³-hybridized carbons (Fsp3) is 0.362. The summed E-state index contributed by atoms with van der Waals surface area (Å²) >= 11 is 0. The van der Waals surface area contributed by atoms with Crippen LogP contribution in [-0.2, 0) is 54.8 Å². The van der Waals surface area contributed by atoms with Crippen molar-refractivity contribution in [2.75, 3.05) is 0 Å². The zero-order chi connectivity index (χ0) is 46.1. The maximum atomic E-state index is 13.5. The number of ketones is 1. The SMILES string of the molecule is CC[C@H]1O[C@@H](C(=O)c2ccccc2)[C@H](OCc2ccccc2)[C@@H](OCc2ccccc2)[C@@H]1C.CC[C@H]1O[C@@H](C(O)c2ccccc2)[C@H](OCc2ccccc2)[C@@H](OCc2ccccc2)[C@@H]1C. The van der Waals surface area contributed by atoms with Gasteiger partial charge < -0.3 is 33.5 Å². The molecule has 8 rings (SSSR count). The third-order valence-corrected chi connectivity index (χ3v) is 12.8. The van der Waals surface area contributed by atoms with Crippen LogP contribution in [-0.4, -0.2) is 59.7 Å². The van der Waals surface area contributed by atoms with Crippen LogP contribution in [0.3, 0.4) is 0 Å². The molecule has 2 saturated heterocycles. The second kappa shape index (κ2) is 25.0. The Morgan fingerprint density at radius 1 is 0.470 bits per heavy atom. The normalized spacial score (nSPS) is 25.5. The van der Waals surface area contributed by atoms with E-state index in [1.807, 2.05) is 170 Å². The van der Waals surface area contributed by atoms with Crippen molar-refractivity contribution >= 4 is 5.78 Å². The quantitative estimate of drug-likeness (QED) is 0.0853. The second-order valence-electron chi connectivity index (χ2n) is 17.4. The van der Waals surface area contributed by atoms with E-state index in [4.69, 9.17) is 28.4 Å². The number of Topliss-reactive ketones (excluding diaryl/α,β-unsaturated/α-hetero) is 1. The van der Waals surface area contributed by atoms with E-state index < -0.39 is 30.5 Å². The molecule has 11 atom stereocenters. The first-order valence-corrected chi connectivity index (χ1v) is 23.6. The minimum atomic E-state index is -0.809. The lowest BCUT2D eigenvalue weighted by atomic mass is 9.83. The third kappa shape index (κ3) is 13.0. The van der Waals surface area contributed by atoms with Gasteiger partial charge in [-0.05, 0) is 40.7 Å². The predicted molar refractivity (Wildman–Crippen MR) is 258 cm³/mol. The summed E-state index contributed by atoms with van der Waals surface area (Å²) in [5.74, 6) is 0.144. The van der Waals surface area contributed by atoms with Gasteiger partial charge in [-0.3, -0.25) is 4.79 Å². The van der Waals surface area contributed by atoms with E-state index in [0.717, 1.165) is 40.7 Å². The molecule has 8 nitrogen and oxygen atoms in total. The van der Waals surface area contributed by atoms with E-state index in [-0.39, 0.29) is 42.0 Å². The minimum Gasteiger partial charge on any atom is -0.386 e. The van der Waals surface area contributed by atoms with Gasteiger partial charge in [-0.15, -0.1) is 0 Å². The number of benzene rings is 6. The fourth-order valence-electron chi connectivity index (χ4n) is 9.11. The number of carbonyl (C=O) groups excluding carboxylic acids is 1. The summed E-state index contributed by atoms with van der Waals surface area (Å²) in [7, 11) is 0. The standard InChI is InChI=1S/C29H34O4.C29H32O4/c2*1-3-25-21(2)27(31-19-22-13-7-4-8-14-22)29(32-20-23-15-9-5-10-16-23)28(33-25)26(30)24-17-11-6-12-18-24/h4-18,21,25-30H,3,19-20H2,1-2H3;4-18,21,25,27-29H,3,19-20H2,1-2H3/t21-,25-,26?,27+,28+,29-;21-,25-,27+,28+,29-/m11/s1. The molecule has 0 spiro atoms. The molecule has 2 aliphatic rings. The van der Waals surface area contributed by atoms with Gasteiger partial charge in [-0.2, -0.15) is 0 Å². The number of hydrogen-bond acceptors (Lipinski definition) is 8. The van der Waals surface area contributed by atoms with Crippen LogP contribution in [0.25, 0.3) is 0 Å². The highest BCUT2D eigenvalue weighted by molar-refractivity contribution is 6.00. The van der Waals surface area contributed by atoms with Gasteiger partial charge in [0.2, 0.25) is 0 Å². The average molecular weight is 891 g/mol. The molecule has 2 heterocycles. The highest BCUT2D eigenvalue weighted by Gasteiger charge is 2.49. The van der Waals surface area contributed by atoms with Gasteiger partial charge in [0.15, 0.2) is 5.78 Å². The summed E-state index contributed by atoms with van der Waals surface area (Å²) in [6.45, 7) is 10.3. The lowest BCUT2D eigenvalue weighted by Gasteiger charge is -2.47. The first-order chi connectivity index (χ1) is 32.3. The Balaban J connectivity index is 0.000000196. The highest BCUT2D eigenvalue weighted by atomic mass is 16.6. The number of hydrogen-bond donors (Lipinski definition) is 1. The topological polar surface area (TPSA) is 92.7 Å². The van der Waals surface area contributed by atoms with Crippen molar-refractivity contribution in [3.05, 3.63) is 215 Å². The summed E-state index contributed by atoms with van der Waals surface area (Å²) in [6.07, 6.45) is -1.94. The summed E-state index contributed by atoms with van der Waals surface area (Å²) < 4.78 is 38.8. The summed E-state index contributed by atoms with van der Waals surface area (Å²) in [5, 5.41) is 11.4. The zero-order valence-electron chi connectivity index (χ0n) is 38.7. The Morgan fingerprint density at radius 3 is 1.21 bits per heavy atom. The third-order valence-electron chi connectivity index (χ3n) is 12.8. The summed E-state index contributed by atoms with van der Waals surface area (Å²) in [6, 6.07) is 59.4. The maximum Gasteiger partial charge on any atom is 0.194 e. The number of carbonyl (C=O) groups is 1. The van der Waals surface area contributed by atoms with Gasteiger partial charge in [-0.1, -0.05) is 210 Å². The van der Waals surface area contributed by atoms with Crippen molar-refractivity contribution in [1.82, 2.24) is 0 Å². The van der Waals surface area contributed by atoms with Gasteiger partial charge in [-0.25, -0.2) is 0 Å². The molecule has 0 saturated carbocycles. The molecule has 0 aromatic heterocycles. The van der Waals surface area contributed by atoms with E-state index in [2.05, 4.69) is 39.8 Å². The van der Waals surface area contributed by atoms with Crippen molar-refractivity contribution < 1.29 is 38.3 Å². The molecule has 6 aromatic rings. The van der Waals surface area contributed by atoms with E-state index in [0.29, 0.717) is 32.0 Å². The van der Waals surface area contributed by atoms with Crippen LogP contribution in [0.15, 0.2) is 182 Å². The van der Waals surface area contributed by atoms with Crippen molar-refractivity contribution in [1.29, 1.82) is 0 Å². The number of aliphatic hydroxyl groups excluding tert-OH is 1. The summed E-state index contributed by atoms with van der Waals surface area (Å²) in [4.78, 5) is 13.5. The average Bonchev–Trinajstić information content (AvgIpc) is 3.38. The van der Waals surface area contributed by atoms with Crippen molar-refractivity contribution in [2.24, 2.45) is 11.8 Å². The van der Waals surface area contributed by atoms with E-state index >= 15 is 0 Å². The van der Waals surface area contributed by atoms with Crippen molar-refractivity contribution in [3.63, 3.8) is 0 Å². The Bertz CT molecular complexity index is 2260. The lowest BCUT2D eigenvalue weighted by molar-refractivity contribution is -0.253. The molecule has 2 aliphatic heterocycles. The molecule has 6 aromatic carbocycles. The van der Waals surface area contributed by atoms with Gasteiger partial charge in [0.25, 0.3) is 0 Å². The molecule has 346 valence electrons. The maximum absolute atomic E-state index is 13.5. The van der Waals surface area contributed by atoms with Gasteiger partial charge >= 0.3 is 0 Å². The molecule has 0 bridgehead atoms. The van der Waals surface area contributed by atoms with E-state index in [1.54, 1.807) is 0 Å². The monoisotopic (exact) mass is 890 g/mol. The molecule has 8 heteroatoms. The molecular weight excluding hydrogens is 825 g/mol. The molecule has 0 aliphatic carbocycles. The van der Waals surface area contributed by atoms with Crippen LogP contribution < -0.4 is 0 Å². The molecule has 2 fully saturated rings. The second-order valence-corrected chi connectivity index (χ2v) is 17.4. The molecule has 1 N–H and O–H groups in total. The number of aliphatic hydroxyl groups is 1. The lowest BCUT2D eigenvalue weighted by Crippen LogP contribution is -2.58. The Kier molecular flexibility index (Phi) is 18.4. The first-order valence-electron chi connectivity index (χ1n) is 23.6. The van der Waals surface area contributed by atoms with Crippen LogP contribution >= 0.6 is 0 Å². The first kappa shape index (κ1) is 48.6. The Morgan fingerprint density at radius 2 is 0.803 bits per heavy atom.